The first-order valence-electron chi connectivity index (χ1n) is 10.1. The Kier molecular flexibility index (Phi) is 4.73. The Morgan fingerprint density at radius 2 is 1.68 bits per heavy atom. The quantitative estimate of drug-likeness (QED) is 0.402. The minimum atomic E-state index is -5.57. The first-order chi connectivity index (χ1) is 16.0. The van der Waals surface area contributed by atoms with Gasteiger partial charge in [-0.2, -0.15) is 13.2 Å². The van der Waals surface area contributed by atoms with E-state index < -0.39 is 43.5 Å². The van der Waals surface area contributed by atoms with Crippen LogP contribution in [-0.4, -0.2) is 41.3 Å². The monoisotopic (exact) mass is 493 g/mol. The number of anilines is 1. The van der Waals surface area contributed by atoms with Gasteiger partial charge in [0.15, 0.2) is 0 Å². The van der Waals surface area contributed by atoms with Gasteiger partial charge in [-0.05, 0) is 60.9 Å². The van der Waals surface area contributed by atoms with Crippen molar-refractivity contribution >= 4 is 38.4 Å². The molecule has 0 atom stereocenters. The zero-order valence-corrected chi connectivity index (χ0v) is 18.0. The maximum atomic E-state index is 14.5. The van der Waals surface area contributed by atoms with Gasteiger partial charge in [0.05, 0.1) is 16.1 Å². The van der Waals surface area contributed by atoms with E-state index in [4.69, 9.17) is 0 Å². The van der Waals surface area contributed by atoms with Crippen LogP contribution in [0.5, 0.6) is 0 Å². The van der Waals surface area contributed by atoms with Gasteiger partial charge < -0.3 is 4.90 Å². The molecule has 2 aromatic carbocycles. The molecule has 1 saturated carbocycles. The molecule has 7 nitrogen and oxygen atoms in total. The number of rotatable bonds is 4. The summed E-state index contributed by atoms with van der Waals surface area (Å²) in [6, 6.07) is 8.58. The Morgan fingerprint density at radius 3 is 2.29 bits per heavy atom. The van der Waals surface area contributed by atoms with Crippen LogP contribution in [0.25, 0.3) is 10.9 Å². The van der Waals surface area contributed by atoms with Crippen LogP contribution in [0, 0.1) is 5.82 Å². The van der Waals surface area contributed by atoms with Crippen molar-refractivity contribution in [1.82, 2.24) is 9.88 Å². The van der Waals surface area contributed by atoms with Gasteiger partial charge in [-0.15, -0.1) is 0 Å². The molecule has 0 bridgehead atoms. The van der Waals surface area contributed by atoms with E-state index in [0.29, 0.717) is 36.1 Å². The summed E-state index contributed by atoms with van der Waals surface area (Å²) in [6.45, 7) is -0.0818. The van der Waals surface area contributed by atoms with Crippen molar-refractivity contribution in [2.24, 2.45) is 0 Å². The summed E-state index contributed by atoms with van der Waals surface area (Å²) in [4.78, 5) is 31.7. The third-order valence-electron chi connectivity index (χ3n) is 6.10. The number of hydrogen-bond donors (Lipinski definition) is 0. The van der Waals surface area contributed by atoms with Crippen molar-refractivity contribution in [3.63, 3.8) is 0 Å². The summed E-state index contributed by atoms with van der Waals surface area (Å²) in [7, 11) is -5.57. The van der Waals surface area contributed by atoms with Crippen molar-refractivity contribution in [2.75, 3.05) is 4.90 Å². The lowest BCUT2D eigenvalue weighted by molar-refractivity contribution is -0.120. The van der Waals surface area contributed by atoms with Crippen LogP contribution in [0.1, 0.15) is 18.4 Å². The first-order valence-corrected chi connectivity index (χ1v) is 11.6. The molecule has 1 aromatic heterocycles. The molecule has 1 aliphatic carbocycles. The van der Waals surface area contributed by atoms with Crippen LogP contribution in [-0.2, 0) is 21.2 Å². The summed E-state index contributed by atoms with van der Waals surface area (Å²) >= 11 is 0. The lowest BCUT2D eigenvalue weighted by Gasteiger charge is -2.22. The molecule has 2 aliphatic rings. The molecule has 0 N–H and O–H groups in total. The molecule has 2 fully saturated rings. The fourth-order valence-corrected chi connectivity index (χ4v) is 4.96. The van der Waals surface area contributed by atoms with Gasteiger partial charge in [0, 0.05) is 18.1 Å². The van der Waals surface area contributed by atoms with Gasteiger partial charge in [-0.25, -0.2) is 22.5 Å². The molecular formula is C22H15F4N3O4S. The number of hydrogen-bond acceptors (Lipinski definition) is 5. The Balaban J connectivity index is 1.49. The average molecular weight is 493 g/mol. The molecule has 5 rings (SSSR count). The van der Waals surface area contributed by atoms with E-state index in [1.807, 2.05) is 0 Å². The van der Waals surface area contributed by atoms with Crippen LogP contribution in [0.3, 0.4) is 0 Å². The molecule has 0 radical (unpaired) electrons. The van der Waals surface area contributed by atoms with Crippen LogP contribution in [0.4, 0.5) is 28.0 Å². The number of halogens is 4. The van der Waals surface area contributed by atoms with Crippen LogP contribution in [0.15, 0.2) is 59.6 Å². The fraction of sp³-hybridized carbons (Fsp3) is 0.227. The van der Waals surface area contributed by atoms with Crippen molar-refractivity contribution in [2.45, 2.75) is 35.3 Å². The lowest BCUT2D eigenvalue weighted by atomic mass is 10.1. The van der Waals surface area contributed by atoms with Crippen LogP contribution < -0.4 is 4.90 Å². The van der Waals surface area contributed by atoms with E-state index in [9.17, 15) is 35.6 Å². The Labute approximate surface area is 190 Å². The molecule has 2 heterocycles. The van der Waals surface area contributed by atoms with E-state index in [0.717, 1.165) is 17.0 Å². The lowest BCUT2D eigenvalue weighted by Crippen LogP contribution is -2.36. The Bertz CT molecular complexity index is 1450. The maximum Gasteiger partial charge on any atom is 0.501 e. The number of carbonyl (C=O) groups is 2. The number of urea groups is 1. The van der Waals surface area contributed by atoms with Gasteiger partial charge in [0.25, 0.3) is 15.7 Å². The highest BCUT2D eigenvalue weighted by Crippen LogP contribution is 2.50. The second-order valence-corrected chi connectivity index (χ2v) is 10.0. The summed E-state index contributed by atoms with van der Waals surface area (Å²) in [5, 5.41) is 0.223. The minimum Gasteiger partial charge on any atom is -0.305 e. The number of benzene rings is 2. The van der Waals surface area contributed by atoms with E-state index in [2.05, 4.69) is 4.98 Å². The summed E-state index contributed by atoms with van der Waals surface area (Å²) in [5.41, 5.74) is -5.83. The number of amides is 3. The smallest absolute Gasteiger partial charge is 0.305 e. The molecule has 12 heteroatoms. The zero-order chi connectivity index (χ0) is 24.5. The molecule has 1 aliphatic heterocycles. The molecule has 34 heavy (non-hydrogen) atoms. The third kappa shape index (κ3) is 3.16. The number of pyridine rings is 1. The summed E-state index contributed by atoms with van der Waals surface area (Å²) < 4.78 is 76.1. The highest BCUT2D eigenvalue weighted by Gasteiger charge is 2.65. The molecule has 176 valence electrons. The normalized spacial score (nSPS) is 17.8. The first kappa shape index (κ1) is 22.3. The second-order valence-electron chi connectivity index (χ2n) is 8.09. The number of nitrogens with zero attached hydrogens (tertiary/aromatic N) is 3. The molecule has 3 amide bonds. The fourth-order valence-electron chi connectivity index (χ4n) is 4.20. The number of alkyl halides is 3. The summed E-state index contributed by atoms with van der Waals surface area (Å²) in [5.74, 6) is -1.09. The molecule has 0 unspecified atom stereocenters. The second kappa shape index (κ2) is 7.23. The topological polar surface area (TPSA) is 87.7 Å². The number of carbonyl (C=O) groups excluding carboxylic acids is 2. The van der Waals surface area contributed by atoms with E-state index in [1.54, 1.807) is 12.1 Å². The van der Waals surface area contributed by atoms with Gasteiger partial charge in [-0.3, -0.25) is 9.78 Å². The predicted molar refractivity (Wildman–Crippen MR) is 112 cm³/mol. The highest BCUT2D eigenvalue weighted by molar-refractivity contribution is 7.92. The average Bonchev–Trinajstić information content (AvgIpc) is 3.55. The van der Waals surface area contributed by atoms with Crippen LogP contribution in [0.2, 0.25) is 0 Å². The number of fused-ring (bicyclic) bond motifs is 1. The molecular weight excluding hydrogens is 478 g/mol. The van der Waals surface area contributed by atoms with Crippen molar-refractivity contribution in [3.05, 3.63) is 66.1 Å². The van der Waals surface area contributed by atoms with Crippen LogP contribution >= 0.6 is 0 Å². The van der Waals surface area contributed by atoms with Crippen molar-refractivity contribution in [3.8, 4) is 0 Å². The largest absolute Gasteiger partial charge is 0.501 e. The SMILES string of the molecule is O=C1N(c2ccc(S(=O)(=O)C(F)(F)F)cc2)C(=O)C2(CC2)N1Cc1ccnc2cccc(F)c12. The Morgan fingerprint density at radius 1 is 1.00 bits per heavy atom. The summed E-state index contributed by atoms with van der Waals surface area (Å²) in [6.07, 6.45) is 2.22. The Hall–Kier alpha value is -3.54. The van der Waals surface area contributed by atoms with Gasteiger partial charge in [0.1, 0.15) is 11.4 Å². The molecule has 3 aromatic rings. The highest BCUT2D eigenvalue weighted by atomic mass is 32.2. The molecule has 1 saturated heterocycles. The van der Waals surface area contributed by atoms with Gasteiger partial charge in [0.2, 0.25) is 0 Å². The zero-order valence-electron chi connectivity index (χ0n) is 17.2. The van der Waals surface area contributed by atoms with E-state index in [-0.39, 0.29) is 17.6 Å². The van der Waals surface area contributed by atoms with E-state index in [1.165, 1.54) is 23.2 Å². The minimum absolute atomic E-state index is 0.0596. The van der Waals surface area contributed by atoms with Crippen molar-refractivity contribution < 1.29 is 35.6 Å². The number of sulfone groups is 1. The molecule has 1 spiro atoms. The van der Waals surface area contributed by atoms with E-state index >= 15 is 0 Å². The number of imide groups is 1. The maximum absolute atomic E-state index is 14.5. The van der Waals surface area contributed by atoms with Gasteiger partial charge >= 0.3 is 11.5 Å². The predicted octanol–water partition coefficient (Wildman–Crippen LogP) is 4.17. The number of aromatic nitrogens is 1. The third-order valence-corrected chi connectivity index (χ3v) is 7.61. The van der Waals surface area contributed by atoms with Crippen molar-refractivity contribution in [1.29, 1.82) is 0 Å². The van der Waals surface area contributed by atoms with Gasteiger partial charge in [-0.1, -0.05) is 6.07 Å². The standard InChI is InChI=1S/C22H15F4N3O4S/c23-16-2-1-3-17-18(16)13(8-11-27-17)12-28-20(31)29(19(30)21(28)9-10-21)14-4-6-15(7-5-14)34(32,33)22(24,25)26/h1-8,11H,9-10,12H2.